The highest BCUT2D eigenvalue weighted by Crippen LogP contribution is 2.59. The fourth-order valence-electron chi connectivity index (χ4n) is 3.65. The van der Waals surface area contributed by atoms with E-state index >= 15 is 0 Å². The minimum absolute atomic E-state index is 0.156. The molecule has 2 aliphatic rings. The van der Waals surface area contributed by atoms with E-state index in [0.717, 1.165) is 17.0 Å². The summed E-state index contributed by atoms with van der Waals surface area (Å²) >= 11 is 0. The van der Waals surface area contributed by atoms with E-state index in [-0.39, 0.29) is 12.2 Å². The Kier molecular flexibility index (Phi) is 4.99. The number of rotatable bonds is 4. The fourth-order valence-corrected chi connectivity index (χ4v) is 3.65. The molecular weight excluding hydrogens is 408 g/mol. The Balaban J connectivity index is 2.08. The van der Waals surface area contributed by atoms with Crippen LogP contribution in [-0.2, 0) is 14.4 Å². The number of hydrogen-bond acceptors (Lipinski definition) is 4. The standard InChI is InChI=1S/C19H22F4N4O3/c1-17(2,15(24)29)27(16(30)18(6-7-18)19(21,22)23)13-9-25-11-5-4-10(20)8-12(11)26(3)14(13)28/h4-5,8,13,25H,6-7,9H2,1-3H3,(H2,24,29)/t13-/m1/s1. The van der Waals surface area contributed by atoms with Crippen LogP contribution in [-0.4, -0.2) is 54.0 Å². The number of nitrogens with zero attached hydrogens (tertiary/aromatic N) is 2. The van der Waals surface area contributed by atoms with Crippen molar-refractivity contribution in [3.05, 3.63) is 24.0 Å². The number of benzene rings is 1. The van der Waals surface area contributed by atoms with Crippen LogP contribution < -0.4 is 16.0 Å². The SMILES string of the molecule is CN1C(=O)[C@H](N(C(=O)C2(C(F)(F)F)CC2)C(C)(C)C(N)=O)CNc2ccc(F)cc21. The normalized spacial score (nSPS) is 20.7. The number of hydrogen-bond donors (Lipinski definition) is 2. The van der Waals surface area contributed by atoms with Crippen LogP contribution in [0.4, 0.5) is 28.9 Å². The zero-order valence-corrected chi connectivity index (χ0v) is 16.6. The number of carbonyl (C=O) groups excluding carboxylic acids is 3. The zero-order valence-electron chi connectivity index (χ0n) is 16.6. The molecule has 1 aromatic rings. The predicted molar refractivity (Wildman–Crippen MR) is 99.9 cm³/mol. The van der Waals surface area contributed by atoms with Gasteiger partial charge in [0.2, 0.25) is 11.8 Å². The summed E-state index contributed by atoms with van der Waals surface area (Å²) in [7, 11) is 1.32. The van der Waals surface area contributed by atoms with Crippen LogP contribution in [0.2, 0.25) is 0 Å². The van der Waals surface area contributed by atoms with Crippen molar-refractivity contribution in [2.75, 3.05) is 23.8 Å². The first-order chi connectivity index (χ1) is 13.7. The Bertz CT molecular complexity index is 912. The Morgan fingerprint density at radius 1 is 1.27 bits per heavy atom. The molecule has 11 heteroatoms. The van der Waals surface area contributed by atoms with Gasteiger partial charge in [0, 0.05) is 13.6 Å². The summed E-state index contributed by atoms with van der Waals surface area (Å²) < 4.78 is 54.7. The first kappa shape index (κ1) is 21.8. The molecule has 0 saturated heterocycles. The van der Waals surface area contributed by atoms with Crippen molar-refractivity contribution in [1.29, 1.82) is 0 Å². The van der Waals surface area contributed by atoms with Gasteiger partial charge in [0.1, 0.15) is 22.8 Å². The van der Waals surface area contributed by atoms with Crippen LogP contribution in [0.5, 0.6) is 0 Å². The lowest BCUT2D eigenvalue weighted by Gasteiger charge is -2.43. The van der Waals surface area contributed by atoms with Crippen LogP contribution in [0, 0.1) is 11.2 Å². The van der Waals surface area contributed by atoms with E-state index in [2.05, 4.69) is 5.32 Å². The molecule has 1 aromatic carbocycles. The van der Waals surface area contributed by atoms with Crippen LogP contribution in [0.25, 0.3) is 0 Å². The number of nitrogens with one attached hydrogen (secondary N) is 1. The molecule has 1 aliphatic carbocycles. The number of fused-ring (bicyclic) bond motifs is 1. The molecule has 1 heterocycles. The maximum atomic E-state index is 13.7. The van der Waals surface area contributed by atoms with Gasteiger partial charge >= 0.3 is 6.18 Å². The van der Waals surface area contributed by atoms with Crippen molar-refractivity contribution >= 4 is 29.1 Å². The molecule has 30 heavy (non-hydrogen) atoms. The van der Waals surface area contributed by atoms with E-state index < -0.39 is 59.6 Å². The smallest absolute Gasteiger partial charge is 0.381 e. The number of likely N-dealkylation sites (N-methyl/N-ethyl adjacent to an activating group) is 1. The summed E-state index contributed by atoms with van der Waals surface area (Å²) in [6, 6.07) is 2.15. The molecular formula is C19H22F4N4O3. The minimum atomic E-state index is -4.84. The maximum Gasteiger partial charge on any atom is 0.403 e. The molecule has 3 rings (SSSR count). The van der Waals surface area contributed by atoms with Crippen molar-refractivity contribution in [2.45, 2.75) is 44.4 Å². The lowest BCUT2D eigenvalue weighted by atomic mass is 9.93. The van der Waals surface area contributed by atoms with Gasteiger partial charge in [-0.25, -0.2) is 4.39 Å². The van der Waals surface area contributed by atoms with Crippen molar-refractivity contribution in [2.24, 2.45) is 11.1 Å². The van der Waals surface area contributed by atoms with E-state index in [1.807, 2.05) is 0 Å². The summed E-state index contributed by atoms with van der Waals surface area (Å²) in [5.41, 5.74) is 1.38. The molecule has 0 spiro atoms. The highest BCUT2D eigenvalue weighted by Gasteiger charge is 2.71. The largest absolute Gasteiger partial charge is 0.403 e. The molecule has 0 aromatic heterocycles. The highest BCUT2D eigenvalue weighted by atomic mass is 19.4. The second-order valence-electron chi connectivity index (χ2n) is 8.13. The summed E-state index contributed by atoms with van der Waals surface area (Å²) in [5.74, 6) is -3.82. The van der Waals surface area contributed by atoms with Crippen LogP contribution in [0.15, 0.2) is 18.2 Å². The second-order valence-corrected chi connectivity index (χ2v) is 8.13. The average molecular weight is 430 g/mol. The third kappa shape index (κ3) is 3.25. The van der Waals surface area contributed by atoms with Crippen LogP contribution in [0.1, 0.15) is 26.7 Å². The van der Waals surface area contributed by atoms with Crippen molar-refractivity contribution < 1.29 is 31.9 Å². The Labute approximate surface area is 170 Å². The van der Waals surface area contributed by atoms with E-state index in [9.17, 15) is 31.9 Å². The van der Waals surface area contributed by atoms with Crippen molar-refractivity contribution in [3.8, 4) is 0 Å². The number of alkyl halides is 3. The highest BCUT2D eigenvalue weighted by molar-refractivity contribution is 6.05. The number of halogens is 4. The predicted octanol–water partition coefficient (Wildman–Crippen LogP) is 2.02. The lowest BCUT2D eigenvalue weighted by molar-refractivity contribution is -0.203. The Hall–Kier alpha value is -2.85. The van der Waals surface area contributed by atoms with Gasteiger partial charge in [0.25, 0.3) is 5.91 Å². The van der Waals surface area contributed by atoms with Gasteiger partial charge in [-0.3, -0.25) is 14.4 Å². The fraction of sp³-hybridized carbons (Fsp3) is 0.526. The molecule has 0 unspecified atom stereocenters. The number of anilines is 2. The third-order valence-electron chi connectivity index (χ3n) is 5.86. The number of amides is 3. The van der Waals surface area contributed by atoms with Gasteiger partial charge in [-0.05, 0) is 44.9 Å². The Morgan fingerprint density at radius 2 is 1.87 bits per heavy atom. The van der Waals surface area contributed by atoms with Crippen LogP contribution >= 0.6 is 0 Å². The number of primary amides is 1. The van der Waals surface area contributed by atoms with E-state index in [1.54, 1.807) is 0 Å². The molecule has 7 nitrogen and oxygen atoms in total. The van der Waals surface area contributed by atoms with E-state index in [4.69, 9.17) is 5.73 Å². The minimum Gasteiger partial charge on any atom is -0.381 e. The van der Waals surface area contributed by atoms with Gasteiger partial charge < -0.3 is 20.9 Å². The zero-order chi connectivity index (χ0) is 22.6. The molecule has 0 radical (unpaired) electrons. The summed E-state index contributed by atoms with van der Waals surface area (Å²) in [6.45, 7) is 2.12. The molecule has 1 atom stereocenters. The van der Waals surface area contributed by atoms with E-state index in [1.165, 1.54) is 27.0 Å². The topological polar surface area (TPSA) is 95.7 Å². The molecule has 0 bridgehead atoms. The number of carbonyl (C=O) groups is 3. The summed E-state index contributed by atoms with van der Waals surface area (Å²) in [5, 5.41) is 2.86. The maximum absolute atomic E-state index is 13.7. The van der Waals surface area contributed by atoms with Crippen molar-refractivity contribution in [3.63, 3.8) is 0 Å². The van der Waals surface area contributed by atoms with Crippen molar-refractivity contribution in [1.82, 2.24) is 4.90 Å². The second kappa shape index (κ2) is 6.85. The summed E-state index contributed by atoms with van der Waals surface area (Å²) in [6.07, 6.45) is -5.71. The lowest BCUT2D eigenvalue weighted by Crippen LogP contribution is -2.66. The number of nitrogens with two attached hydrogens (primary N) is 1. The first-order valence-electron chi connectivity index (χ1n) is 9.25. The summed E-state index contributed by atoms with van der Waals surface area (Å²) in [4.78, 5) is 40.1. The monoisotopic (exact) mass is 430 g/mol. The van der Waals surface area contributed by atoms with Gasteiger partial charge in [-0.2, -0.15) is 13.2 Å². The molecule has 3 amide bonds. The third-order valence-corrected chi connectivity index (χ3v) is 5.86. The molecule has 1 saturated carbocycles. The molecule has 1 fully saturated rings. The quantitative estimate of drug-likeness (QED) is 0.715. The van der Waals surface area contributed by atoms with Gasteiger partial charge in [0.05, 0.1) is 11.4 Å². The first-order valence-corrected chi connectivity index (χ1v) is 9.25. The van der Waals surface area contributed by atoms with Gasteiger partial charge in [-0.15, -0.1) is 0 Å². The van der Waals surface area contributed by atoms with Gasteiger partial charge in [-0.1, -0.05) is 0 Å². The van der Waals surface area contributed by atoms with Crippen LogP contribution in [0.3, 0.4) is 0 Å². The Morgan fingerprint density at radius 3 is 2.37 bits per heavy atom. The van der Waals surface area contributed by atoms with E-state index in [0.29, 0.717) is 10.6 Å². The molecule has 3 N–H and O–H groups in total. The molecule has 1 aliphatic heterocycles. The van der Waals surface area contributed by atoms with Gasteiger partial charge in [0.15, 0.2) is 0 Å². The average Bonchev–Trinajstić information content (AvgIpc) is 3.46. The molecule has 164 valence electrons.